The van der Waals surface area contributed by atoms with Crippen LogP contribution in [0.3, 0.4) is 0 Å². The fourth-order valence-corrected chi connectivity index (χ4v) is 4.33. The van der Waals surface area contributed by atoms with E-state index in [4.69, 9.17) is 4.42 Å². The van der Waals surface area contributed by atoms with Gasteiger partial charge in [0.25, 0.3) is 5.91 Å². The van der Waals surface area contributed by atoms with Gasteiger partial charge in [-0.05, 0) is 31.5 Å². The van der Waals surface area contributed by atoms with E-state index in [-0.39, 0.29) is 16.8 Å². The highest BCUT2D eigenvalue weighted by molar-refractivity contribution is 7.89. The van der Waals surface area contributed by atoms with Crippen molar-refractivity contribution in [3.05, 3.63) is 42.1 Å². The summed E-state index contributed by atoms with van der Waals surface area (Å²) in [7, 11) is -1.91. The Kier molecular flexibility index (Phi) is 6.66. The maximum atomic E-state index is 12.6. The van der Waals surface area contributed by atoms with Gasteiger partial charge in [0, 0.05) is 38.8 Å². The molecule has 2 rings (SSSR count). The standard InChI is InChI=1S/C18H27N3O4S/c1-5-21(6-2)26(23,24)16-12-17(20(4)13-16)18(22)19-14(3)9-10-15-8-7-11-25-15/h7-8,11-14H,5-6,9-10H2,1-4H3,(H,19,22). The predicted octanol–water partition coefficient (Wildman–Crippen LogP) is 2.40. The van der Waals surface area contributed by atoms with E-state index < -0.39 is 10.0 Å². The molecule has 144 valence electrons. The number of furan rings is 1. The van der Waals surface area contributed by atoms with Gasteiger partial charge in [-0.25, -0.2) is 8.42 Å². The Morgan fingerprint density at radius 2 is 2.04 bits per heavy atom. The van der Waals surface area contributed by atoms with Crippen molar-refractivity contribution >= 4 is 15.9 Å². The molecule has 2 aromatic rings. The van der Waals surface area contributed by atoms with Crippen molar-refractivity contribution in [3.63, 3.8) is 0 Å². The zero-order chi connectivity index (χ0) is 19.3. The third kappa shape index (κ3) is 4.56. The summed E-state index contributed by atoms with van der Waals surface area (Å²) in [4.78, 5) is 12.7. The molecule has 0 aliphatic heterocycles. The van der Waals surface area contributed by atoms with Crippen molar-refractivity contribution in [1.82, 2.24) is 14.2 Å². The number of hydrogen-bond acceptors (Lipinski definition) is 4. The number of hydrogen-bond donors (Lipinski definition) is 1. The lowest BCUT2D eigenvalue weighted by atomic mass is 10.1. The quantitative estimate of drug-likeness (QED) is 0.723. The van der Waals surface area contributed by atoms with Gasteiger partial charge in [-0.3, -0.25) is 4.79 Å². The van der Waals surface area contributed by atoms with Gasteiger partial charge in [0.15, 0.2) is 0 Å². The molecule has 0 saturated carbocycles. The summed E-state index contributed by atoms with van der Waals surface area (Å²) in [6.07, 6.45) is 4.56. The largest absolute Gasteiger partial charge is 0.469 e. The van der Waals surface area contributed by atoms with E-state index in [9.17, 15) is 13.2 Å². The van der Waals surface area contributed by atoms with Crippen LogP contribution in [0.5, 0.6) is 0 Å². The van der Waals surface area contributed by atoms with E-state index in [0.717, 1.165) is 18.6 Å². The first-order valence-corrected chi connectivity index (χ1v) is 10.2. The lowest BCUT2D eigenvalue weighted by Gasteiger charge is -2.17. The summed E-state index contributed by atoms with van der Waals surface area (Å²) >= 11 is 0. The van der Waals surface area contributed by atoms with Crippen LogP contribution in [0.25, 0.3) is 0 Å². The molecule has 26 heavy (non-hydrogen) atoms. The van der Waals surface area contributed by atoms with Gasteiger partial charge in [-0.1, -0.05) is 13.8 Å². The Balaban J connectivity index is 2.06. The summed E-state index contributed by atoms with van der Waals surface area (Å²) in [6, 6.07) is 5.10. The van der Waals surface area contributed by atoms with Crippen LogP contribution >= 0.6 is 0 Å². The van der Waals surface area contributed by atoms with Crippen LogP contribution in [0.2, 0.25) is 0 Å². The van der Waals surface area contributed by atoms with Crippen LogP contribution in [0, 0.1) is 0 Å². The molecule has 0 saturated heterocycles. The fraction of sp³-hybridized carbons (Fsp3) is 0.500. The fourth-order valence-electron chi connectivity index (χ4n) is 2.80. The highest BCUT2D eigenvalue weighted by Gasteiger charge is 2.25. The minimum atomic E-state index is -3.58. The first-order chi connectivity index (χ1) is 12.3. The third-order valence-corrected chi connectivity index (χ3v) is 6.35. The van der Waals surface area contributed by atoms with Crippen LogP contribution in [0.4, 0.5) is 0 Å². The number of nitrogens with zero attached hydrogens (tertiary/aromatic N) is 2. The van der Waals surface area contributed by atoms with E-state index in [1.54, 1.807) is 31.7 Å². The molecule has 1 unspecified atom stereocenters. The molecule has 2 heterocycles. The average molecular weight is 381 g/mol. The number of aryl methyl sites for hydroxylation is 2. The highest BCUT2D eigenvalue weighted by Crippen LogP contribution is 2.18. The second-order valence-electron chi connectivity index (χ2n) is 6.25. The van der Waals surface area contributed by atoms with Crippen LogP contribution < -0.4 is 5.32 Å². The summed E-state index contributed by atoms with van der Waals surface area (Å²) in [5.74, 6) is 0.581. The van der Waals surface area contributed by atoms with E-state index >= 15 is 0 Å². The molecule has 8 heteroatoms. The van der Waals surface area contributed by atoms with Crippen molar-refractivity contribution in [1.29, 1.82) is 0 Å². The molecular formula is C18H27N3O4S. The van der Waals surface area contributed by atoms with E-state index in [1.807, 2.05) is 19.1 Å². The molecule has 2 aromatic heterocycles. The second kappa shape index (κ2) is 8.55. The van der Waals surface area contributed by atoms with Gasteiger partial charge in [0.05, 0.1) is 6.26 Å². The normalized spacial score (nSPS) is 13.1. The van der Waals surface area contributed by atoms with E-state index in [0.29, 0.717) is 18.8 Å². The Labute approximate surface area is 155 Å². The molecular weight excluding hydrogens is 354 g/mol. The van der Waals surface area contributed by atoms with Crippen LogP contribution in [-0.2, 0) is 23.5 Å². The van der Waals surface area contributed by atoms with Gasteiger partial charge >= 0.3 is 0 Å². The van der Waals surface area contributed by atoms with Gasteiger partial charge in [-0.15, -0.1) is 0 Å². The Morgan fingerprint density at radius 1 is 1.35 bits per heavy atom. The van der Waals surface area contributed by atoms with Gasteiger partial charge in [0.2, 0.25) is 10.0 Å². The van der Waals surface area contributed by atoms with Crippen molar-refractivity contribution in [2.45, 2.75) is 44.6 Å². The number of nitrogens with one attached hydrogen (secondary N) is 1. The average Bonchev–Trinajstić information content (AvgIpc) is 3.23. The molecule has 0 radical (unpaired) electrons. The van der Waals surface area contributed by atoms with Gasteiger partial charge in [0.1, 0.15) is 16.3 Å². The van der Waals surface area contributed by atoms with Crippen molar-refractivity contribution < 1.29 is 17.6 Å². The Morgan fingerprint density at radius 3 is 2.62 bits per heavy atom. The number of carbonyl (C=O) groups is 1. The summed E-state index contributed by atoms with van der Waals surface area (Å²) in [5, 5.41) is 2.91. The lowest BCUT2D eigenvalue weighted by Crippen LogP contribution is -2.34. The summed E-state index contributed by atoms with van der Waals surface area (Å²) in [5.41, 5.74) is 0.320. The molecule has 0 aliphatic carbocycles. The topological polar surface area (TPSA) is 84.6 Å². The number of carbonyl (C=O) groups excluding carboxylic acids is 1. The minimum Gasteiger partial charge on any atom is -0.469 e. The van der Waals surface area contributed by atoms with Gasteiger partial charge in [-0.2, -0.15) is 4.31 Å². The minimum absolute atomic E-state index is 0.0645. The van der Waals surface area contributed by atoms with Crippen molar-refractivity contribution in [2.75, 3.05) is 13.1 Å². The molecule has 7 nitrogen and oxygen atoms in total. The number of sulfonamides is 1. The number of rotatable bonds is 9. The van der Waals surface area contributed by atoms with E-state index in [2.05, 4.69) is 5.32 Å². The summed E-state index contributed by atoms with van der Waals surface area (Å²) < 4.78 is 33.4. The van der Waals surface area contributed by atoms with Crippen molar-refractivity contribution in [3.8, 4) is 0 Å². The first-order valence-electron chi connectivity index (χ1n) is 8.79. The first kappa shape index (κ1) is 20.3. The number of amides is 1. The van der Waals surface area contributed by atoms with Gasteiger partial charge < -0.3 is 14.3 Å². The monoisotopic (exact) mass is 381 g/mol. The van der Waals surface area contributed by atoms with Crippen LogP contribution in [0.1, 0.15) is 43.4 Å². The molecule has 1 amide bonds. The molecule has 1 atom stereocenters. The Bertz CT molecular complexity index is 821. The second-order valence-corrected chi connectivity index (χ2v) is 8.19. The zero-order valence-corrected chi connectivity index (χ0v) is 16.5. The van der Waals surface area contributed by atoms with Crippen LogP contribution in [0.15, 0.2) is 40.0 Å². The smallest absolute Gasteiger partial charge is 0.268 e. The Hall–Kier alpha value is -2.06. The number of aromatic nitrogens is 1. The zero-order valence-electron chi connectivity index (χ0n) is 15.7. The molecule has 0 fully saturated rings. The molecule has 1 N–H and O–H groups in total. The van der Waals surface area contributed by atoms with E-state index in [1.165, 1.54) is 16.6 Å². The molecule has 0 bridgehead atoms. The van der Waals surface area contributed by atoms with Crippen LogP contribution in [-0.4, -0.2) is 42.3 Å². The van der Waals surface area contributed by atoms with Crippen molar-refractivity contribution in [2.24, 2.45) is 7.05 Å². The third-order valence-electron chi connectivity index (χ3n) is 4.34. The lowest BCUT2D eigenvalue weighted by molar-refractivity contribution is 0.0930. The maximum absolute atomic E-state index is 12.6. The molecule has 0 aromatic carbocycles. The maximum Gasteiger partial charge on any atom is 0.268 e. The SMILES string of the molecule is CCN(CC)S(=O)(=O)c1cc(C(=O)NC(C)CCc2ccco2)n(C)c1. The summed E-state index contributed by atoms with van der Waals surface area (Å²) in [6.45, 7) is 6.27. The predicted molar refractivity (Wildman–Crippen MR) is 99.5 cm³/mol. The highest BCUT2D eigenvalue weighted by atomic mass is 32.2. The molecule has 0 aliphatic rings. The molecule has 0 spiro atoms.